The van der Waals surface area contributed by atoms with Crippen LogP contribution in [0.15, 0.2) is 47.4 Å². The van der Waals surface area contributed by atoms with Gasteiger partial charge in [-0.3, -0.25) is 9.52 Å². The van der Waals surface area contributed by atoms with E-state index in [0.29, 0.717) is 35.2 Å². The van der Waals surface area contributed by atoms with Gasteiger partial charge in [0, 0.05) is 18.2 Å². The number of amides is 1. The monoisotopic (exact) mass is 392 g/mol. The van der Waals surface area contributed by atoms with Gasteiger partial charge in [0.05, 0.1) is 24.8 Å². The number of ether oxygens (including phenoxy) is 2. The van der Waals surface area contributed by atoms with Crippen LogP contribution in [0.4, 0.5) is 5.69 Å². The number of carbonyl (C=O) groups excluding carboxylic acids is 1. The summed E-state index contributed by atoms with van der Waals surface area (Å²) in [7, 11) is -0.832. The number of benzene rings is 2. The summed E-state index contributed by atoms with van der Waals surface area (Å²) >= 11 is 0. The minimum atomic E-state index is -3.80. The number of anilines is 1. The lowest BCUT2D eigenvalue weighted by Crippen LogP contribution is -2.27. The van der Waals surface area contributed by atoms with Crippen molar-refractivity contribution in [2.24, 2.45) is 5.92 Å². The average Bonchev–Trinajstić information content (AvgIpc) is 2.65. The smallest absolute Gasteiger partial charge is 0.261 e. The van der Waals surface area contributed by atoms with Crippen molar-refractivity contribution in [3.8, 4) is 11.5 Å². The molecule has 0 atom stereocenters. The summed E-state index contributed by atoms with van der Waals surface area (Å²) in [6, 6.07) is 10.5. The summed E-state index contributed by atoms with van der Waals surface area (Å²) < 4.78 is 37.9. The second kappa shape index (κ2) is 8.77. The SMILES string of the molecule is COc1ccc(NS(=O)(=O)c2ccc(C(=O)NCC(C)C)cc2)cc1OC. The summed E-state index contributed by atoms with van der Waals surface area (Å²) in [5, 5.41) is 2.79. The van der Waals surface area contributed by atoms with Crippen LogP contribution in [0.25, 0.3) is 0 Å². The number of nitrogens with one attached hydrogen (secondary N) is 2. The quantitative estimate of drug-likeness (QED) is 0.720. The van der Waals surface area contributed by atoms with Gasteiger partial charge in [-0.05, 0) is 42.3 Å². The predicted octanol–water partition coefficient (Wildman–Crippen LogP) is 2.89. The van der Waals surface area contributed by atoms with Gasteiger partial charge in [0.2, 0.25) is 0 Å². The standard InChI is InChI=1S/C19H24N2O5S/c1-13(2)12-20-19(22)14-5-8-16(9-6-14)27(23,24)21-15-7-10-17(25-3)18(11-15)26-4/h5-11,13,21H,12H2,1-4H3,(H,20,22). The van der Waals surface area contributed by atoms with Crippen molar-refractivity contribution in [3.63, 3.8) is 0 Å². The Hall–Kier alpha value is -2.74. The largest absolute Gasteiger partial charge is 0.493 e. The third-order valence-corrected chi connectivity index (χ3v) is 5.13. The first kappa shape index (κ1) is 20.6. The minimum Gasteiger partial charge on any atom is -0.493 e. The molecule has 2 rings (SSSR count). The molecule has 0 heterocycles. The molecule has 0 unspecified atom stereocenters. The van der Waals surface area contributed by atoms with E-state index in [1.807, 2.05) is 13.8 Å². The van der Waals surface area contributed by atoms with Gasteiger partial charge in [-0.2, -0.15) is 0 Å². The van der Waals surface area contributed by atoms with Crippen LogP contribution in [0.1, 0.15) is 24.2 Å². The summed E-state index contributed by atoms with van der Waals surface area (Å²) in [6.45, 7) is 4.55. The number of rotatable bonds is 8. The van der Waals surface area contributed by atoms with Crippen molar-refractivity contribution in [2.75, 3.05) is 25.5 Å². The molecular formula is C19H24N2O5S. The average molecular weight is 392 g/mol. The Morgan fingerprint density at radius 2 is 1.63 bits per heavy atom. The molecule has 0 fully saturated rings. The van der Waals surface area contributed by atoms with Crippen LogP contribution in [0.5, 0.6) is 11.5 Å². The molecule has 0 spiro atoms. The summed E-state index contributed by atoms with van der Waals surface area (Å²) in [5.74, 6) is 1.01. The van der Waals surface area contributed by atoms with Crippen molar-refractivity contribution < 1.29 is 22.7 Å². The van der Waals surface area contributed by atoms with E-state index < -0.39 is 10.0 Å². The molecule has 7 nitrogen and oxygen atoms in total. The Kier molecular flexibility index (Phi) is 6.68. The zero-order valence-electron chi connectivity index (χ0n) is 15.8. The van der Waals surface area contributed by atoms with E-state index in [2.05, 4.69) is 10.0 Å². The van der Waals surface area contributed by atoms with Gasteiger partial charge in [0.15, 0.2) is 11.5 Å². The molecule has 1 amide bonds. The zero-order valence-corrected chi connectivity index (χ0v) is 16.6. The molecule has 0 saturated carbocycles. The van der Waals surface area contributed by atoms with E-state index in [9.17, 15) is 13.2 Å². The number of carbonyl (C=O) groups is 1. The predicted molar refractivity (Wildman–Crippen MR) is 104 cm³/mol. The van der Waals surface area contributed by atoms with Crippen molar-refractivity contribution in [2.45, 2.75) is 18.7 Å². The first-order valence-corrected chi connectivity index (χ1v) is 9.88. The van der Waals surface area contributed by atoms with E-state index in [-0.39, 0.29) is 10.8 Å². The highest BCUT2D eigenvalue weighted by Gasteiger charge is 2.16. The van der Waals surface area contributed by atoms with Crippen LogP contribution in [0.2, 0.25) is 0 Å². The van der Waals surface area contributed by atoms with Crippen LogP contribution in [0, 0.1) is 5.92 Å². The molecule has 0 aromatic heterocycles. The normalized spacial score (nSPS) is 11.1. The van der Waals surface area contributed by atoms with E-state index in [1.54, 1.807) is 12.1 Å². The topological polar surface area (TPSA) is 93.7 Å². The van der Waals surface area contributed by atoms with E-state index in [4.69, 9.17) is 9.47 Å². The highest BCUT2D eigenvalue weighted by Crippen LogP contribution is 2.30. The number of hydrogen-bond donors (Lipinski definition) is 2. The number of sulfonamides is 1. The maximum absolute atomic E-state index is 12.6. The minimum absolute atomic E-state index is 0.0534. The lowest BCUT2D eigenvalue weighted by molar-refractivity contribution is 0.0949. The molecular weight excluding hydrogens is 368 g/mol. The molecule has 0 aliphatic rings. The summed E-state index contributed by atoms with van der Waals surface area (Å²) in [5.41, 5.74) is 0.743. The third-order valence-electron chi connectivity index (χ3n) is 3.73. The van der Waals surface area contributed by atoms with Gasteiger partial charge in [0.25, 0.3) is 15.9 Å². The Bertz CT molecular complexity index is 893. The molecule has 2 aromatic carbocycles. The van der Waals surface area contributed by atoms with Crippen molar-refractivity contribution in [1.29, 1.82) is 0 Å². The van der Waals surface area contributed by atoms with E-state index in [0.717, 1.165) is 0 Å². The van der Waals surface area contributed by atoms with Crippen LogP contribution >= 0.6 is 0 Å². The van der Waals surface area contributed by atoms with Crippen LogP contribution in [0.3, 0.4) is 0 Å². The Morgan fingerprint density at radius 3 is 2.19 bits per heavy atom. The van der Waals surface area contributed by atoms with E-state index in [1.165, 1.54) is 44.6 Å². The lowest BCUT2D eigenvalue weighted by atomic mass is 10.2. The first-order chi connectivity index (χ1) is 12.8. The Balaban J connectivity index is 2.16. The molecule has 0 aliphatic heterocycles. The summed E-state index contributed by atoms with van der Waals surface area (Å²) in [6.07, 6.45) is 0. The van der Waals surface area contributed by atoms with Crippen LogP contribution in [-0.4, -0.2) is 35.1 Å². The van der Waals surface area contributed by atoms with Gasteiger partial charge in [-0.25, -0.2) is 8.42 Å². The molecule has 27 heavy (non-hydrogen) atoms. The maximum atomic E-state index is 12.6. The lowest BCUT2D eigenvalue weighted by Gasteiger charge is -2.12. The summed E-state index contributed by atoms with van der Waals surface area (Å²) in [4.78, 5) is 12.1. The number of hydrogen-bond acceptors (Lipinski definition) is 5. The van der Waals surface area contributed by atoms with Crippen molar-refractivity contribution >= 4 is 21.6 Å². The van der Waals surface area contributed by atoms with Gasteiger partial charge in [-0.15, -0.1) is 0 Å². The molecule has 0 aliphatic carbocycles. The van der Waals surface area contributed by atoms with E-state index >= 15 is 0 Å². The Morgan fingerprint density at radius 1 is 1.00 bits per heavy atom. The molecule has 2 N–H and O–H groups in total. The van der Waals surface area contributed by atoms with Crippen LogP contribution < -0.4 is 19.5 Å². The first-order valence-electron chi connectivity index (χ1n) is 8.40. The second-order valence-corrected chi connectivity index (χ2v) is 7.99. The fourth-order valence-corrected chi connectivity index (χ4v) is 3.35. The fourth-order valence-electron chi connectivity index (χ4n) is 2.30. The van der Waals surface area contributed by atoms with Gasteiger partial charge >= 0.3 is 0 Å². The number of methoxy groups -OCH3 is 2. The van der Waals surface area contributed by atoms with Gasteiger partial charge in [-0.1, -0.05) is 13.8 Å². The molecule has 8 heteroatoms. The molecule has 0 radical (unpaired) electrons. The molecule has 0 saturated heterocycles. The molecule has 0 bridgehead atoms. The maximum Gasteiger partial charge on any atom is 0.261 e. The highest BCUT2D eigenvalue weighted by molar-refractivity contribution is 7.92. The fraction of sp³-hybridized carbons (Fsp3) is 0.316. The van der Waals surface area contributed by atoms with Crippen molar-refractivity contribution in [3.05, 3.63) is 48.0 Å². The van der Waals surface area contributed by atoms with Crippen LogP contribution in [-0.2, 0) is 10.0 Å². The highest BCUT2D eigenvalue weighted by atomic mass is 32.2. The third kappa shape index (κ3) is 5.37. The molecule has 2 aromatic rings. The second-order valence-electron chi connectivity index (χ2n) is 6.30. The zero-order chi connectivity index (χ0) is 20.0. The van der Waals surface area contributed by atoms with Gasteiger partial charge in [0.1, 0.15) is 0 Å². The Labute approximate surface area is 159 Å². The molecule has 146 valence electrons. The van der Waals surface area contributed by atoms with Gasteiger partial charge < -0.3 is 14.8 Å². The van der Waals surface area contributed by atoms with Crippen molar-refractivity contribution in [1.82, 2.24) is 5.32 Å².